The first-order chi connectivity index (χ1) is 7.70. The Morgan fingerprint density at radius 3 is 2.24 bits per heavy atom. The van der Waals surface area contributed by atoms with E-state index in [1.165, 1.54) is 13.8 Å². The Labute approximate surface area is 101 Å². The number of carbonyl (C=O) groups is 3. The minimum absolute atomic E-state index is 0.161. The van der Waals surface area contributed by atoms with E-state index in [1.54, 1.807) is 13.8 Å². The van der Waals surface area contributed by atoms with Gasteiger partial charge in [-0.3, -0.25) is 14.4 Å². The van der Waals surface area contributed by atoms with Gasteiger partial charge in [-0.2, -0.15) is 0 Å². The molecule has 1 atom stereocenters. The first kappa shape index (κ1) is 15.4. The summed E-state index contributed by atoms with van der Waals surface area (Å²) in [5.41, 5.74) is -1.13. The molecule has 0 saturated carbocycles. The van der Waals surface area contributed by atoms with Gasteiger partial charge in [-0.25, -0.2) is 0 Å². The van der Waals surface area contributed by atoms with Crippen LogP contribution in [0.25, 0.3) is 0 Å². The third-order valence-corrected chi connectivity index (χ3v) is 2.30. The number of likely N-dealkylation sites (N-methyl/N-ethyl adjacent to an activating group) is 1. The normalized spacial score (nSPS) is 12.7. The zero-order valence-electron chi connectivity index (χ0n) is 10.7. The molecule has 0 saturated heterocycles. The number of carbonyl (C=O) groups excluding carboxylic acids is 2. The average Bonchev–Trinajstić information content (AvgIpc) is 2.16. The minimum atomic E-state index is -1.13. The molecule has 17 heavy (non-hydrogen) atoms. The van der Waals surface area contributed by atoms with Crippen LogP contribution >= 0.6 is 0 Å². The van der Waals surface area contributed by atoms with Crippen LogP contribution in [-0.2, 0) is 14.4 Å². The monoisotopic (exact) mass is 244 g/mol. The molecular weight excluding hydrogens is 224 g/mol. The summed E-state index contributed by atoms with van der Waals surface area (Å²) in [7, 11) is 0. The highest BCUT2D eigenvalue weighted by Gasteiger charge is 2.30. The second-order valence-electron chi connectivity index (χ2n) is 4.55. The van der Waals surface area contributed by atoms with E-state index in [-0.39, 0.29) is 12.3 Å². The SMILES string of the molecule is CCNC(=O)C(C)NC(=O)CC(C)(C)C(=O)O. The number of carboxylic acids is 1. The molecule has 0 aromatic rings. The molecule has 0 heterocycles. The predicted molar refractivity (Wildman–Crippen MR) is 62.3 cm³/mol. The predicted octanol–water partition coefficient (Wildman–Crippen LogP) is 0.128. The Bertz CT molecular complexity index is 313. The van der Waals surface area contributed by atoms with Crippen molar-refractivity contribution < 1.29 is 19.5 Å². The number of nitrogens with one attached hydrogen (secondary N) is 2. The van der Waals surface area contributed by atoms with Crippen molar-refractivity contribution in [1.82, 2.24) is 10.6 Å². The first-order valence-electron chi connectivity index (χ1n) is 5.51. The molecular formula is C11H20N2O4. The number of aliphatic carboxylic acids is 1. The molecule has 0 fully saturated rings. The summed E-state index contributed by atoms with van der Waals surface area (Å²) in [6, 6.07) is -0.660. The van der Waals surface area contributed by atoms with Crippen molar-refractivity contribution in [3.63, 3.8) is 0 Å². The van der Waals surface area contributed by atoms with E-state index < -0.39 is 23.3 Å². The summed E-state index contributed by atoms with van der Waals surface area (Å²) in [4.78, 5) is 33.7. The lowest BCUT2D eigenvalue weighted by atomic mass is 9.89. The quantitative estimate of drug-likeness (QED) is 0.618. The Morgan fingerprint density at radius 2 is 1.82 bits per heavy atom. The number of hydrogen-bond acceptors (Lipinski definition) is 3. The van der Waals surface area contributed by atoms with E-state index in [4.69, 9.17) is 5.11 Å². The molecule has 0 spiro atoms. The maximum atomic E-state index is 11.5. The van der Waals surface area contributed by atoms with Crippen molar-refractivity contribution in [2.45, 2.75) is 40.2 Å². The first-order valence-corrected chi connectivity index (χ1v) is 5.51. The summed E-state index contributed by atoms with van der Waals surface area (Å²) in [5.74, 6) is -1.77. The largest absolute Gasteiger partial charge is 0.481 e. The van der Waals surface area contributed by atoms with Gasteiger partial charge in [0.1, 0.15) is 6.04 Å². The molecule has 0 aromatic carbocycles. The van der Waals surface area contributed by atoms with E-state index in [0.717, 1.165) is 0 Å². The van der Waals surface area contributed by atoms with E-state index in [0.29, 0.717) is 6.54 Å². The van der Waals surface area contributed by atoms with E-state index >= 15 is 0 Å². The summed E-state index contributed by atoms with van der Waals surface area (Å²) in [5, 5.41) is 13.9. The zero-order valence-corrected chi connectivity index (χ0v) is 10.7. The van der Waals surface area contributed by atoms with Crippen molar-refractivity contribution in [2.75, 3.05) is 6.54 Å². The van der Waals surface area contributed by atoms with Gasteiger partial charge in [-0.1, -0.05) is 0 Å². The van der Waals surface area contributed by atoms with Gasteiger partial charge in [0.05, 0.1) is 5.41 Å². The standard InChI is InChI=1S/C11H20N2O4/c1-5-12-9(15)7(2)13-8(14)6-11(3,4)10(16)17/h7H,5-6H2,1-4H3,(H,12,15)(H,13,14)(H,16,17). The molecule has 6 heteroatoms. The number of hydrogen-bond donors (Lipinski definition) is 3. The lowest BCUT2D eigenvalue weighted by Crippen LogP contribution is -2.46. The van der Waals surface area contributed by atoms with Crippen molar-refractivity contribution in [3.05, 3.63) is 0 Å². The molecule has 2 amide bonds. The van der Waals surface area contributed by atoms with Gasteiger partial charge in [0.25, 0.3) is 0 Å². The lowest BCUT2D eigenvalue weighted by Gasteiger charge is -2.20. The van der Waals surface area contributed by atoms with Gasteiger partial charge >= 0.3 is 5.97 Å². The van der Waals surface area contributed by atoms with E-state index in [2.05, 4.69) is 10.6 Å². The van der Waals surface area contributed by atoms with Crippen LogP contribution in [-0.4, -0.2) is 35.5 Å². The highest BCUT2D eigenvalue weighted by molar-refractivity contribution is 5.89. The molecule has 98 valence electrons. The van der Waals surface area contributed by atoms with Crippen LogP contribution in [0.15, 0.2) is 0 Å². The third kappa shape index (κ3) is 5.33. The number of amides is 2. The minimum Gasteiger partial charge on any atom is -0.481 e. The number of rotatable bonds is 6. The van der Waals surface area contributed by atoms with Gasteiger partial charge < -0.3 is 15.7 Å². The molecule has 0 aromatic heterocycles. The fourth-order valence-electron chi connectivity index (χ4n) is 1.16. The maximum absolute atomic E-state index is 11.5. The Kier molecular flexibility index (Phi) is 5.64. The van der Waals surface area contributed by atoms with Gasteiger partial charge in [0.15, 0.2) is 0 Å². The van der Waals surface area contributed by atoms with Crippen molar-refractivity contribution in [1.29, 1.82) is 0 Å². The van der Waals surface area contributed by atoms with Crippen LogP contribution in [0.5, 0.6) is 0 Å². The second-order valence-corrected chi connectivity index (χ2v) is 4.55. The molecule has 3 N–H and O–H groups in total. The smallest absolute Gasteiger partial charge is 0.309 e. The van der Waals surface area contributed by atoms with Gasteiger partial charge in [0, 0.05) is 13.0 Å². The van der Waals surface area contributed by atoms with Crippen LogP contribution in [0, 0.1) is 5.41 Å². The maximum Gasteiger partial charge on any atom is 0.309 e. The molecule has 0 radical (unpaired) electrons. The summed E-state index contributed by atoms with van der Waals surface area (Å²) < 4.78 is 0. The Balaban J connectivity index is 4.28. The van der Waals surface area contributed by atoms with Crippen LogP contribution in [0.1, 0.15) is 34.1 Å². The zero-order chi connectivity index (χ0) is 13.6. The Morgan fingerprint density at radius 1 is 1.29 bits per heavy atom. The third-order valence-electron chi connectivity index (χ3n) is 2.30. The molecule has 0 bridgehead atoms. The van der Waals surface area contributed by atoms with Gasteiger partial charge in [-0.05, 0) is 27.7 Å². The topological polar surface area (TPSA) is 95.5 Å². The second kappa shape index (κ2) is 6.22. The number of carboxylic acid groups (broad SMARTS) is 1. The highest BCUT2D eigenvalue weighted by Crippen LogP contribution is 2.20. The summed E-state index contributed by atoms with van der Waals surface area (Å²) in [6.07, 6.45) is -0.161. The van der Waals surface area contributed by atoms with Crippen molar-refractivity contribution >= 4 is 17.8 Å². The molecule has 0 rings (SSSR count). The molecule has 6 nitrogen and oxygen atoms in total. The molecule has 0 aliphatic carbocycles. The van der Waals surface area contributed by atoms with Crippen molar-refractivity contribution in [2.24, 2.45) is 5.41 Å². The van der Waals surface area contributed by atoms with E-state index in [1.807, 2.05) is 0 Å². The van der Waals surface area contributed by atoms with Crippen LogP contribution in [0.2, 0.25) is 0 Å². The van der Waals surface area contributed by atoms with Gasteiger partial charge in [0.2, 0.25) is 11.8 Å². The lowest BCUT2D eigenvalue weighted by molar-refractivity contribution is -0.149. The Hall–Kier alpha value is -1.59. The van der Waals surface area contributed by atoms with Crippen LogP contribution in [0.3, 0.4) is 0 Å². The average molecular weight is 244 g/mol. The highest BCUT2D eigenvalue weighted by atomic mass is 16.4. The van der Waals surface area contributed by atoms with Crippen LogP contribution < -0.4 is 10.6 Å². The fraction of sp³-hybridized carbons (Fsp3) is 0.727. The van der Waals surface area contributed by atoms with Gasteiger partial charge in [-0.15, -0.1) is 0 Å². The summed E-state index contributed by atoms with van der Waals surface area (Å²) in [6.45, 7) is 6.74. The molecule has 0 aliphatic rings. The fourth-order valence-corrected chi connectivity index (χ4v) is 1.16. The summed E-state index contributed by atoms with van der Waals surface area (Å²) >= 11 is 0. The van der Waals surface area contributed by atoms with E-state index in [9.17, 15) is 14.4 Å². The van der Waals surface area contributed by atoms with Crippen LogP contribution in [0.4, 0.5) is 0 Å². The molecule has 0 aliphatic heterocycles. The van der Waals surface area contributed by atoms with Crippen molar-refractivity contribution in [3.8, 4) is 0 Å². The molecule has 1 unspecified atom stereocenters.